The van der Waals surface area contributed by atoms with Crippen LogP contribution >= 0.6 is 11.8 Å². The van der Waals surface area contributed by atoms with Crippen molar-refractivity contribution in [1.82, 2.24) is 4.90 Å². The molecule has 3 aromatic carbocycles. The molecule has 1 aliphatic carbocycles. The lowest BCUT2D eigenvalue weighted by Crippen LogP contribution is -2.34. The molecular formula is C29H23N3O2S. The summed E-state index contributed by atoms with van der Waals surface area (Å²) in [5, 5.41) is 14.4. The Bertz CT molecular complexity index is 1420. The first-order valence-corrected chi connectivity index (χ1v) is 12.6. The van der Waals surface area contributed by atoms with Crippen LogP contribution in [0.5, 0.6) is 0 Å². The molecule has 6 rings (SSSR count). The number of benzene rings is 3. The van der Waals surface area contributed by atoms with Gasteiger partial charge in [-0.3, -0.25) is 10.1 Å². The summed E-state index contributed by atoms with van der Waals surface area (Å²) in [7, 11) is 0. The standard InChI is InChI=1S/C29H23N3O2S/c33-32(34)24-15-7-13-22(18-24)26-19-35-29-30-27-23(17-20-9-3-1-4-10-20)14-8-16-25(27)28(31(26)29)21-11-5-2-6-12-21/h1-7,9-13,15,17-19,28H,8,14,16H2/b23-17-/t28-/m0/s1. The monoisotopic (exact) mass is 477 g/mol. The van der Waals surface area contributed by atoms with E-state index in [9.17, 15) is 10.1 Å². The van der Waals surface area contributed by atoms with Gasteiger partial charge in [-0.05, 0) is 47.6 Å². The molecule has 3 aliphatic rings. The predicted molar refractivity (Wildman–Crippen MR) is 142 cm³/mol. The summed E-state index contributed by atoms with van der Waals surface area (Å²) in [6.45, 7) is 0. The molecule has 0 saturated carbocycles. The molecular weight excluding hydrogens is 454 g/mol. The zero-order chi connectivity index (χ0) is 23.8. The van der Waals surface area contributed by atoms with Crippen molar-refractivity contribution < 1.29 is 4.92 Å². The highest BCUT2D eigenvalue weighted by atomic mass is 32.2. The molecule has 0 amide bonds. The highest BCUT2D eigenvalue weighted by molar-refractivity contribution is 8.16. The Morgan fingerprint density at radius 1 is 0.971 bits per heavy atom. The molecule has 0 saturated heterocycles. The third-order valence-electron chi connectivity index (χ3n) is 6.65. The van der Waals surface area contributed by atoms with Gasteiger partial charge in [0.25, 0.3) is 5.69 Å². The Morgan fingerprint density at radius 3 is 2.51 bits per heavy atom. The van der Waals surface area contributed by atoms with Crippen molar-refractivity contribution in [2.24, 2.45) is 4.99 Å². The quantitative estimate of drug-likeness (QED) is 0.287. The van der Waals surface area contributed by atoms with Crippen LogP contribution in [0.2, 0.25) is 0 Å². The van der Waals surface area contributed by atoms with Gasteiger partial charge < -0.3 is 4.90 Å². The topological polar surface area (TPSA) is 58.7 Å². The fraction of sp³-hybridized carbons (Fsp3) is 0.138. The molecule has 2 heterocycles. The van der Waals surface area contributed by atoms with Gasteiger partial charge in [-0.2, -0.15) is 0 Å². The van der Waals surface area contributed by atoms with Gasteiger partial charge in [0.1, 0.15) is 0 Å². The Balaban J connectivity index is 1.48. The van der Waals surface area contributed by atoms with Crippen LogP contribution in [0, 0.1) is 10.1 Å². The maximum absolute atomic E-state index is 11.4. The summed E-state index contributed by atoms with van der Waals surface area (Å²) >= 11 is 1.59. The maximum atomic E-state index is 11.4. The molecule has 0 N–H and O–H groups in total. The van der Waals surface area contributed by atoms with Crippen LogP contribution in [0.25, 0.3) is 11.8 Å². The van der Waals surface area contributed by atoms with Crippen LogP contribution in [0.1, 0.15) is 42.0 Å². The van der Waals surface area contributed by atoms with Crippen LogP contribution in [-0.4, -0.2) is 15.0 Å². The Labute approximate surface area is 208 Å². The number of amidine groups is 1. The lowest BCUT2D eigenvalue weighted by molar-refractivity contribution is -0.384. The summed E-state index contributed by atoms with van der Waals surface area (Å²) in [5.74, 6) is 0. The van der Waals surface area contributed by atoms with Gasteiger partial charge in [-0.25, -0.2) is 4.99 Å². The molecule has 6 heteroatoms. The number of thioether (sulfide) groups is 1. The third-order valence-corrected chi connectivity index (χ3v) is 7.49. The number of rotatable bonds is 4. The molecule has 0 unspecified atom stereocenters. The molecule has 0 aromatic heterocycles. The maximum Gasteiger partial charge on any atom is 0.270 e. The van der Waals surface area contributed by atoms with Gasteiger partial charge in [-0.15, -0.1) is 0 Å². The van der Waals surface area contributed by atoms with Gasteiger partial charge in [0.2, 0.25) is 0 Å². The van der Waals surface area contributed by atoms with E-state index < -0.39 is 0 Å². The highest BCUT2D eigenvalue weighted by Crippen LogP contribution is 2.51. The van der Waals surface area contributed by atoms with Crippen molar-refractivity contribution in [3.8, 4) is 0 Å². The smallest absolute Gasteiger partial charge is 0.270 e. The van der Waals surface area contributed by atoms with E-state index in [1.807, 2.05) is 18.2 Å². The third kappa shape index (κ3) is 4.00. The predicted octanol–water partition coefficient (Wildman–Crippen LogP) is 7.57. The SMILES string of the molecule is O=[N+]([O-])c1cccc(C2=CSC3=NC4=C(CCC/C4=C/c4ccccc4)[C@H](c4ccccc4)N23)c1. The minimum absolute atomic E-state index is 0.00122. The number of nitro benzene ring substituents is 1. The van der Waals surface area contributed by atoms with E-state index in [1.165, 1.54) is 28.3 Å². The molecule has 0 radical (unpaired) electrons. The number of allylic oxidation sites excluding steroid dienone is 1. The van der Waals surface area contributed by atoms with Gasteiger partial charge in [0.05, 0.1) is 22.4 Å². The van der Waals surface area contributed by atoms with Crippen LogP contribution in [0.3, 0.4) is 0 Å². The zero-order valence-electron chi connectivity index (χ0n) is 19.0. The number of non-ortho nitro benzene ring substituents is 1. The van der Waals surface area contributed by atoms with Gasteiger partial charge in [-0.1, -0.05) is 84.6 Å². The van der Waals surface area contributed by atoms with E-state index in [0.29, 0.717) is 0 Å². The number of fused-ring (bicyclic) bond motifs is 1. The molecule has 2 aliphatic heterocycles. The van der Waals surface area contributed by atoms with Crippen LogP contribution in [-0.2, 0) is 0 Å². The van der Waals surface area contributed by atoms with Crippen molar-refractivity contribution in [2.75, 3.05) is 0 Å². The molecule has 1 atom stereocenters. The van der Waals surface area contributed by atoms with Crippen molar-refractivity contribution in [3.63, 3.8) is 0 Å². The van der Waals surface area contributed by atoms with Crippen molar-refractivity contribution in [2.45, 2.75) is 25.3 Å². The van der Waals surface area contributed by atoms with Crippen LogP contribution in [0.15, 0.2) is 112 Å². The van der Waals surface area contributed by atoms with Crippen molar-refractivity contribution >= 4 is 34.4 Å². The van der Waals surface area contributed by atoms with Gasteiger partial charge >= 0.3 is 0 Å². The largest absolute Gasteiger partial charge is 0.308 e. The van der Waals surface area contributed by atoms with E-state index in [1.54, 1.807) is 23.9 Å². The second-order valence-electron chi connectivity index (χ2n) is 8.81. The second-order valence-corrected chi connectivity index (χ2v) is 9.65. The van der Waals surface area contributed by atoms with Crippen LogP contribution in [0.4, 0.5) is 5.69 Å². The normalized spacial score (nSPS) is 20.3. The summed E-state index contributed by atoms with van der Waals surface area (Å²) in [6, 6.07) is 27.8. The molecule has 0 fully saturated rings. The lowest BCUT2D eigenvalue weighted by Gasteiger charge is -2.40. The second kappa shape index (κ2) is 9.04. The summed E-state index contributed by atoms with van der Waals surface area (Å²) in [4.78, 5) is 18.6. The fourth-order valence-electron chi connectivity index (χ4n) is 5.09. The first-order valence-electron chi connectivity index (χ1n) is 11.7. The number of nitrogens with zero attached hydrogens (tertiary/aromatic N) is 3. The summed E-state index contributed by atoms with van der Waals surface area (Å²) in [6.07, 6.45) is 5.32. The minimum Gasteiger partial charge on any atom is -0.308 e. The van der Waals surface area contributed by atoms with E-state index in [0.717, 1.165) is 41.4 Å². The first kappa shape index (κ1) is 21.6. The number of nitro groups is 1. The Kier molecular flexibility index (Phi) is 5.58. The number of hydrogen-bond acceptors (Lipinski definition) is 5. The first-order chi connectivity index (χ1) is 17.2. The van der Waals surface area contributed by atoms with Crippen LogP contribution < -0.4 is 0 Å². The van der Waals surface area contributed by atoms with Gasteiger partial charge in [0, 0.05) is 23.1 Å². The number of hydrogen-bond donors (Lipinski definition) is 0. The average Bonchev–Trinajstić information content (AvgIpc) is 3.32. The number of aliphatic imine (C=N–C) groups is 1. The van der Waals surface area contributed by atoms with E-state index in [4.69, 9.17) is 4.99 Å². The van der Waals surface area contributed by atoms with Crippen molar-refractivity contribution in [3.05, 3.63) is 134 Å². The Hall–Kier alpha value is -3.90. The van der Waals surface area contributed by atoms with Gasteiger partial charge in [0.15, 0.2) is 5.17 Å². The molecule has 0 spiro atoms. The lowest BCUT2D eigenvalue weighted by atomic mass is 9.83. The average molecular weight is 478 g/mol. The molecule has 172 valence electrons. The fourth-order valence-corrected chi connectivity index (χ4v) is 6.02. The highest BCUT2D eigenvalue weighted by Gasteiger charge is 2.40. The van der Waals surface area contributed by atoms with E-state index >= 15 is 0 Å². The minimum atomic E-state index is -0.339. The molecule has 3 aromatic rings. The van der Waals surface area contributed by atoms with E-state index in [2.05, 4.69) is 64.9 Å². The van der Waals surface area contributed by atoms with Crippen molar-refractivity contribution in [1.29, 1.82) is 0 Å². The zero-order valence-corrected chi connectivity index (χ0v) is 19.8. The molecule has 0 bridgehead atoms. The van der Waals surface area contributed by atoms with E-state index in [-0.39, 0.29) is 16.7 Å². The summed E-state index contributed by atoms with van der Waals surface area (Å²) < 4.78 is 0. The molecule has 35 heavy (non-hydrogen) atoms. The molecule has 5 nitrogen and oxygen atoms in total. The summed E-state index contributed by atoms with van der Waals surface area (Å²) in [5.41, 5.74) is 7.95. The Morgan fingerprint density at radius 2 is 1.74 bits per heavy atom.